The second-order valence-electron chi connectivity index (χ2n) is 9.97. The number of phosphoric acid groups is 1. The predicted octanol–water partition coefficient (Wildman–Crippen LogP) is -6.04. The first-order valence-corrected chi connectivity index (χ1v) is 14.4. The molecule has 0 aliphatic carbocycles. The summed E-state index contributed by atoms with van der Waals surface area (Å²) in [4.78, 5) is 61.4. The Morgan fingerprint density at radius 1 is 1.32 bits per heavy atom. The Morgan fingerprint density at radius 2 is 2.00 bits per heavy atom. The molecular formula is C22H34N5O16P. The van der Waals surface area contributed by atoms with Crippen LogP contribution in [0, 0.1) is 0 Å². The number of aliphatic hydroxyl groups excluding tert-OH is 6. The lowest BCUT2D eigenvalue weighted by Gasteiger charge is -2.46. The second-order valence-corrected chi connectivity index (χ2v) is 11.3. The van der Waals surface area contributed by atoms with Crippen molar-refractivity contribution in [2.75, 3.05) is 25.5 Å². The van der Waals surface area contributed by atoms with Gasteiger partial charge in [-0.1, -0.05) is 0 Å². The lowest BCUT2D eigenvalue weighted by Crippen LogP contribution is -2.67. The van der Waals surface area contributed by atoms with Gasteiger partial charge in [0.1, 0.15) is 42.4 Å². The lowest BCUT2D eigenvalue weighted by atomic mass is 9.89. The minimum Gasteiger partial charge on any atom is -0.394 e. The van der Waals surface area contributed by atoms with E-state index in [0.29, 0.717) is 0 Å². The second kappa shape index (κ2) is 14.5. The van der Waals surface area contributed by atoms with Crippen molar-refractivity contribution in [2.24, 2.45) is 0 Å². The number of carbonyl (C=O) groups is 3. The fourth-order valence-electron chi connectivity index (χ4n) is 4.48. The molecule has 2 aliphatic heterocycles. The van der Waals surface area contributed by atoms with Crippen LogP contribution in [0.2, 0.25) is 0 Å². The van der Waals surface area contributed by atoms with E-state index in [4.69, 9.17) is 24.3 Å². The van der Waals surface area contributed by atoms with Gasteiger partial charge in [-0.3, -0.25) is 23.5 Å². The van der Waals surface area contributed by atoms with Gasteiger partial charge in [0.05, 0.1) is 31.9 Å². The zero-order valence-corrected chi connectivity index (χ0v) is 23.9. The van der Waals surface area contributed by atoms with Crippen LogP contribution in [0.1, 0.15) is 19.6 Å². The van der Waals surface area contributed by atoms with Gasteiger partial charge >= 0.3 is 13.5 Å². The molecule has 1 aromatic rings. The summed E-state index contributed by atoms with van der Waals surface area (Å²) in [5.74, 6) is -4.44. The Labute approximate surface area is 247 Å². The number of ether oxygens (including phenoxy) is 2. The van der Waals surface area contributed by atoms with E-state index in [1.165, 1.54) is 6.07 Å². The van der Waals surface area contributed by atoms with Gasteiger partial charge in [-0.2, -0.15) is 4.98 Å². The fraction of sp³-hybridized carbons (Fsp3) is 0.682. The molecule has 44 heavy (non-hydrogen) atoms. The maximum absolute atomic E-state index is 12.9. The lowest BCUT2D eigenvalue weighted by molar-refractivity contribution is -0.274. The van der Waals surface area contributed by atoms with Crippen LogP contribution in [0.4, 0.5) is 5.82 Å². The summed E-state index contributed by atoms with van der Waals surface area (Å²) in [7, 11) is -5.40. The highest BCUT2D eigenvalue weighted by Crippen LogP contribution is 2.50. The number of phosphoric ester groups is 1. The summed E-state index contributed by atoms with van der Waals surface area (Å²) in [5.41, 5.74) is 4.49. The number of aldehydes is 1. The average molecular weight is 656 g/mol. The number of rotatable bonds is 13. The van der Waals surface area contributed by atoms with Crippen LogP contribution in [0.3, 0.4) is 0 Å². The monoisotopic (exact) mass is 655 g/mol. The topological polar surface area (TPSA) is 332 Å². The van der Waals surface area contributed by atoms with Crippen molar-refractivity contribution in [3.63, 3.8) is 0 Å². The van der Waals surface area contributed by atoms with Crippen LogP contribution < -0.4 is 22.1 Å². The van der Waals surface area contributed by atoms with Crippen molar-refractivity contribution < 1.29 is 73.0 Å². The van der Waals surface area contributed by atoms with Gasteiger partial charge < -0.3 is 61.4 Å². The van der Waals surface area contributed by atoms with Crippen LogP contribution in [0.25, 0.3) is 0 Å². The number of aliphatic hydroxyl groups is 6. The van der Waals surface area contributed by atoms with Crippen LogP contribution in [0.15, 0.2) is 17.1 Å². The van der Waals surface area contributed by atoms with Crippen LogP contribution in [-0.2, 0) is 37.5 Å². The molecule has 0 bridgehead atoms. The highest BCUT2D eigenvalue weighted by atomic mass is 31.2. The number of hydrogen-bond acceptors (Lipinski definition) is 17. The number of nitrogens with two attached hydrogens (primary N) is 1. The first kappa shape index (κ1) is 35.6. The zero-order valence-electron chi connectivity index (χ0n) is 23.0. The van der Waals surface area contributed by atoms with E-state index in [1.807, 2.05) is 0 Å². The van der Waals surface area contributed by atoms with Crippen molar-refractivity contribution >= 4 is 31.7 Å². The first-order chi connectivity index (χ1) is 20.5. The Balaban J connectivity index is 1.74. The summed E-state index contributed by atoms with van der Waals surface area (Å²) >= 11 is 0. The maximum Gasteiger partial charge on any atom is 0.475 e. The van der Waals surface area contributed by atoms with Gasteiger partial charge in [0.2, 0.25) is 17.6 Å². The molecule has 2 amide bonds. The van der Waals surface area contributed by atoms with Crippen molar-refractivity contribution in [3.8, 4) is 0 Å². The molecule has 0 spiro atoms. The average Bonchev–Trinajstić information content (AvgIpc) is 3.23. The molecule has 2 aliphatic rings. The molecule has 3 rings (SSSR count). The molecule has 1 aromatic heterocycles. The molecule has 248 valence electrons. The highest BCUT2D eigenvalue weighted by molar-refractivity contribution is 7.47. The highest BCUT2D eigenvalue weighted by Gasteiger charge is 2.55. The Hall–Kier alpha value is -2.92. The molecule has 4 unspecified atom stereocenters. The van der Waals surface area contributed by atoms with Crippen LogP contribution in [0.5, 0.6) is 0 Å². The summed E-state index contributed by atoms with van der Waals surface area (Å²) in [5, 5.41) is 65.7. The van der Waals surface area contributed by atoms with E-state index in [1.54, 1.807) is 0 Å². The molecule has 21 nitrogen and oxygen atoms in total. The molecule has 3 heterocycles. The van der Waals surface area contributed by atoms with Crippen LogP contribution >= 0.6 is 7.82 Å². The molecule has 2 saturated heterocycles. The summed E-state index contributed by atoms with van der Waals surface area (Å²) in [6.45, 7) is -1.46. The molecule has 22 heteroatoms. The summed E-state index contributed by atoms with van der Waals surface area (Å²) in [6, 6.07) is -0.390. The van der Waals surface area contributed by atoms with E-state index in [0.717, 1.165) is 17.7 Å². The summed E-state index contributed by atoms with van der Waals surface area (Å²) < 4.78 is 34.2. The van der Waals surface area contributed by atoms with Crippen molar-refractivity contribution in [1.29, 1.82) is 0 Å². The third-order valence-electron chi connectivity index (χ3n) is 6.66. The third-order valence-corrected chi connectivity index (χ3v) is 7.67. The van der Waals surface area contributed by atoms with Gasteiger partial charge in [-0.15, -0.1) is 0 Å². The SMILES string of the molecule is CC(=O)NCC(=O)N[C@H]1C([C@H](O)[C@H](O)CO)O[C@@](C=O)(OP(=O)(O)OCC2OC(n3ccc(N)nc3=O)[C@H](O)[C@@H]2O)C[C@H]1O. The number of carbonyl (C=O) groups excluding carboxylic acids is 3. The fourth-order valence-corrected chi connectivity index (χ4v) is 5.42. The van der Waals surface area contributed by atoms with E-state index in [2.05, 4.69) is 15.6 Å². The van der Waals surface area contributed by atoms with Gasteiger partial charge in [-0.05, 0) is 6.07 Å². The van der Waals surface area contributed by atoms with E-state index in [9.17, 15) is 59.3 Å². The minimum absolute atomic E-state index is 0.129. The first-order valence-electron chi connectivity index (χ1n) is 12.9. The van der Waals surface area contributed by atoms with E-state index in [-0.39, 0.29) is 12.1 Å². The normalized spacial score (nSPS) is 33.1. The number of nitrogens with one attached hydrogen (secondary N) is 2. The third kappa shape index (κ3) is 8.41. The van der Waals surface area contributed by atoms with Crippen molar-refractivity contribution in [1.82, 2.24) is 20.2 Å². The Kier molecular flexibility index (Phi) is 11.7. The van der Waals surface area contributed by atoms with Gasteiger partial charge in [-0.25, -0.2) is 13.9 Å². The summed E-state index contributed by atoms with van der Waals surface area (Å²) in [6.07, 6.45) is -14.4. The Bertz CT molecular complexity index is 1300. The van der Waals surface area contributed by atoms with Crippen molar-refractivity contribution in [2.45, 2.75) is 74.1 Å². The van der Waals surface area contributed by atoms with Crippen LogP contribution in [-0.4, -0.2) is 137 Å². The largest absolute Gasteiger partial charge is 0.475 e. The molecular weight excluding hydrogens is 621 g/mol. The molecule has 11 atom stereocenters. The van der Waals surface area contributed by atoms with Crippen molar-refractivity contribution in [3.05, 3.63) is 22.7 Å². The zero-order chi connectivity index (χ0) is 33.0. The minimum atomic E-state index is -5.40. The van der Waals surface area contributed by atoms with Gasteiger partial charge in [0.15, 0.2) is 12.5 Å². The quantitative estimate of drug-likeness (QED) is 0.0698. The number of amides is 2. The number of nitrogens with zero attached hydrogens (tertiary/aromatic N) is 2. The number of hydrogen-bond donors (Lipinski definition) is 10. The number of nitrogen functional groups attached to an aromatic ring is 1. The van der Waals surface area contributed by atoms with Gasteiger partial charge in [0, 0.05) is 19.5 Å². The molecule has 2 fully saturated rings. The van der Waals surface area contributed by atoms with Gasteiger partial charge in [0.25, 0.3) is 0 Å². The van der Waals surface area contributed by atoms with E-state index >= 15 is 0 Å². The smallest absolute Gasteiger partial charge is 0.394 e. The molecule has 11 N–H and O–H groups in total. The molecule has 0 radical (unpaired) electrons. The number of anilines is 1. The molecule has 0 aromatic carbocycles. The molecule has 0 saturated carbocycles. The number of aromatic nitrogens is 2. The standard InChI is InChI=1S/C22H34N5O16P/c1-9(30)24-5-14(33)26-15-10(31)4-22(8-29,42-19(15)16(34)11(32)6-28)43-44(38,39)40-7-12-17(35)18(36)20(41-12)27-3-2-13(23)25-21(27)37/h2-3,8,10-12,15-20,28,31-32,34-36H,4-7H2,1H3,(H,24,30)(H,26,33)(H,38,39)(H2,23,25,37)/t10-,11-,12?,15-,16-,17-,18-,19?,20?,22-/m1/s1. The van der Waals surface area contributed by atoms with E-state index < -0.39 is 112 Å². The Morgan fingerprint density at radius 3 is 2.59 bits per heavy atom. The maximum atomic E-state index is 12.9. The predicted molar refractivity (Wildman–Crippen MR) is 140 cm³/mol.